The molecule has 3 aliphatic carbocycles. The maximum absolute atomic E-state index is 11.1. The maximum atomic E-state index is 11.1. The summed E-state index contributed by atoms with van der Waals surface area (Å²) in [5, 5.41) is 22.2. The zero-order valence-corrected chi connectivity index (χ0v) is 36.8. The molecule has 0 saturated heterocycles. The predicted molar refractivity (Wildman–Crippen MR) is 246 cm³/mol. The van der Waals surface area contributed by atoms with Gasteiger partial charge in [0.15, 0.2) is 0 Å². The molecule has 2 unspecified atom stereocenters. The molecule has 0 bridgehead atoms. The Labute approximate surface area is 342 Å². The van der Waals surface area contributed by atoms with Crippen LogP contribution >= 0.6 is 0 Å². The zero-order valence-electron chi connectivity index (χ0n) is 36.8. The van der Waals surface area contributed by atoms with E-state index in [1.54, 1.807) is 11.1 Å². The highest BCUT2D eigenvalue weighted by molar-refractivity contribution is 6.30. The second kappa shape index (κ2) is 10.3. The van der Waals surface area contributed by atoms with E-state index in [9.17, 15) is 5.26 Å². The average molecular weight is 760 g/mol. The monoisotopic (exact) mass is 759 g/mol. The van der Waals surface area contributed by atoms with Gasteiger partial charge < -0.3 is 8.80 Å². The average Bonchev–Trinajstić information content (AvgIpc) is 3.95. The van der Waals surface area contributed by atoms with Crippen LogP contribution in [-0.2, 0) is 34.5 Å². The molecule has 9 aromatic rings. The summed E-state index contributed by atoms with van der Waals surface area (Å²) in [6.45, 7) is 29.2. The minimum Gasteiger partial charge on any atom is -0.308 e. The first-order valence-electron chi connectivity index (χ1n) is 22.3. The molecule has 0 amide bonds. The normalized spacial score (nSPS) is 22.5. The van der Waals surface area contributed by atoms with Crippen LogP contribution in [0.4, 0.5) is 0 Å². The van der Waals surface area contributed by atoms with Crippen molar-refractivity contribution < 1.29 is 0 Å². The van der Waals surface area contributed by atoms with Crippen molar-refractivity contribution in [1.82, 2.24) is 8.80 Å². The van der Waals surface area contributed by atoms with Crippen LogP contribution in [-0.4, -0.2) is 8.80 Å². The van der Waals surface area contributed by atoms with Gasteiger partial charge >= 0.3 is 0 Å². The largest absolute Gasteiger partial charge is 0.308 e. The molecule has 3 nitrogen and oxygen atoms in total. The third kappa shape index (κ3) is 3.76. The number of hydrogen-bond acceptors (Lipinski definition) is 1. The van der Waals surface area contributed by atoms with Crippen LogP contribution in [0.1, 0.15) is 159 Å². The fraction of sp³-hybridized carbons (Fsp3) is 0.436. The van der Waals surface area contributed by atoms with Gasteiger partial charge in [-0.25, -0.2) is 0 Å². The molecule has 0 N–H and O–H groups in total. The smallest absolute Gasteiger partial charge is 0.0995 e. The Morgan fingerprint density at radius 3 is 2.02 bits per heavy atom. The SMILES string of the molecule is CCC1(C)c2c(C#N)cc3c(c2C(C)C1(C)C)c1c2c(cc4c5cc6c(cc5n3c41)c1cc(C(C)(C)C)cc3c4c5c(ccc4n6c13)CCCC5)C(C)(C)CC2(C)C. The van der Waals surface area contributed by atoms with E-state index >= 15 is 0 Å². The molecule has 0 radical (unpaired) electrons. The van der Waals surface area contributed by atoms with Crippen molar-refractivity contribution in [2.24, 2.45) is 5.41 Å². The first-order chi connectivity index (χ1) is 27.4. The Balaban J connectivity index is 1.34. The van der Waals surface area contributed by atoms with E-state index in [0.29, 0.717) is 5.92 Å². The fourth-order valence-corrected chi connectivity index (χ4v) is 14.0. The summed E-state index contributed by atoms with van der Waals surface area (Å²) in [6.07, 6.45) is 7.04. The highest BCUT2D eigenvalue weighted by Gasteiger charge is 2.55. The third-order valence-electron chi connectivity index (χ3n) is 17.4. The maximum Gasteiger partial charge on any atom is 0.0995 e. The fourth-order valence-electron chi connectivity index (χ4n) is 14.0. The molecule has 292 valence electrons. The molecular weight excluding hydrogens is 703 g/mol. The number of hydrogen-bond donors (Lipinski definition) is 0. The number of benzene rings is 5. The van der Waals surface area contributed by atoms with Crippen LogP contribution in [0.2, 0.25) is 0 Å². The molecular formula is C55H57N3. The second-order valence-electron chi connectivity index (χ2n) is 22.4. The van der Waals surface area contributed by atoms with Crippen LogP contribution in [0, 0.1) is 16.7 Å². The van der Waals surface area contributed by atoms with Crippen LogP contribution in [0.25, 0.3) is 76.2 Å². The number of aromatic nitrogens is 2. The summed E-state index contributed by atoms with van der Waals surface area (Å²) in [7, 11) is 0. The molecule has 2 atom stereocenters. The summed E-state index contributed by atoms with van der Waals surface area (Å²) in [4.78, 5) is 0. The van der Waals surface area contributed by atoms with Gasteiger partial charge in [-0.1, -0.05) is 89.2 Å². The van der Waals surface area contributed by atoms with Gasteiger partial charge in [-0.3, -0.25) is 0 Å². The van der Waals surface area contributed by atoms with Crippen LogP contribution < -0.4 is 0 Å². The quantitative estimate of drug-likeness (QED) is 0.164. The molecule has 0 fully saturated rings. The van der Waals surface area contributed by atoms with Crippen molar-refractivity contribution in [3.05, 3.63) is 93.0 Å². The Kier molecular flexibility index (Phi) is 6.25. The van der Waals surface area contributed by atoms with Gasteiger partial charge in [0.1, 0.15) is 0 Å². The number of fused-ring (bicyclic) bond motifs is 18. The lowest BCUT2D eigenvalue weighted by Gasteiger charge is -2.41. The highest BCUT2D eigenvalue weighted by Crippen LogP contribution is 2.65. The topological polar surface area (TPSA) is 32.6 Å². The van der Waals surface area contributed by atoms with Gasteiger partial charge in [-0.15, -0.1) is 0 Å². The van der Waals surface area contributed by atoms with Gasteiger partial charge in [0.2, 0.25) is 0 Å². The Morgan fingerprint density at radius 2 is 1.34 bits per heavy atom. The van der Waals surface area contributed by atoms with Crippen molar-refractivity contribution in [2.45, 2.75) is 149 Å². The van der Waals surface area contributed by atoms with E-state index in [1.165, 1.54) is 130 Å². The first-order valence-corrected chi connectivity index (χ1v) is 22.3. The minimum atomic E-state index is -0.104. The lowest BCUT2D eigenvalue weighted by atomic mass is 9.62. The van der Waals surface area contributed by atoms with Gasteiger partial charge in [0.05, 0.1) is 44.7 Å². The molecule has 4 heterocycles. The molecule has 0 aliphatic heterocycles. The Morgan fingerprint density at radius 1 is 0.690 bits per heavy atom. The number of nitriles is 1. The van der Waals surface area contributed by atoms with E-state index in [-0.39, 0.29) is 27.1 Å². The Bertz CT molecular complexity index is 3400. The van der Waals surface area contributed by atoms with Crippen molar-refractivity contribution in [3.8, 4) is 6.07 Å². The molecule has 0 spiro atoms. The highest BCUT2D eigenvalue weighted by atomic mass is 14.9. The second-order valence-corrected chi connectivity index (χ2v) is 22.4. The van der Waals surface area contributed by atoms with E-state index in [1.807, 2.05) is 0 Å². The molecule has 12 rings (SSSR count). The van der Waals surface area contributed by atoms with Crippen molar-refractivity contribution in [2.75, 3.05) is 0 Å². The van der Waals surface area contributed by atoms with Crippen LogP contribution in [0.5, 0.6) is 0 Å². The summed E-state index contributed by atoms with van der Waals surface area (Å²) in [6, 6.07) is 22.7. The zero-order chi connectivity index (χ0) is 40.5. The molecule has 0 saturated carbocycles. The van der Waals surface area contributed by atoms with E-state index in [4.69, 9.17) is 0 Å². The van der Waals surface area contributed by atoms with E-state index in [2.05, 4.69) is 146 Å². The minimum absolute atomic E-state index is 0.00422. The summed E-state index contributed by atoms with van der Waals surface area (Å²) < 4.78 is 5.25. The van der Waals surface area contributed by atoms with Crippen LogP contribution in [0.15, 0.2) is 48.5 Å². The van der Waals surface area contributed by atoms with Gasteiger partial charge in [0, 0.05) is 43.1 Å². The number of nitrogens with zero attached hydrogens (tertiary/aromatic N) is 3. The van der Waals surface area contributed by atoms with E-state index in [0.717, 1.165) is 18.4 Å². The number of aryl methyl sites for hydroxylation is 2. The van der Waals surface area contributed by atoms with Crippen LogP contribution in [0.3, 0.4) is 0 Å². The van der Waals surface area contributed by atoms with Gasteiger partial charge in [-0.05, 0) is 153 Å². The van der Waals surface area contributed by atoms with Crippen molar-refractivity contribution in [3.63, 3.8) is 0 Å². The van der Waals surface area contributed by atoms with Gasteiger partial charge in [-0.2, -0.15) is 5.26 Å². The lowest BCUT2D eigenvalue weighted by molar-refractivity contribution is 0.167. The third-order valence-corrected chi connectivity index (χ3v) is 17.4. The Hall–Kier alpha value is -4.81. The molecule has 58 heavy (non-hydrogen) atoms. The van der Waals surface area contributed by atoms with Gasteiger partial charge in [0.25, 0.3) is 0 Å². The lowest BCUT2D eigenvalue weighted by Crippen LogP contribution is -2.36. The van der Waals surface area contributed by atoms with E-state index < -0.39 is 0 Å². The number of rotatable bonds is 1. The molecule has 5 aromatic carbocycles. The summed E-state index contributed by atoms with van der Waals surface area (Å²) in [5.74, 6) is 0.302. The molecule has 4 aromatic heterocycles. The van der Waals surface area contributed by atoms with Crippen molar-refractivity contribution in [1.29, 1.82) is 5.26 Å². The predicted octanol–water partition coefficient (Wildman–Crippen LogP) is 14.8. The summed E-state index contributed by atoms with van der Waals surface area (Å²) >= 11 is 0. The standard InChI is InChI=1S/C55H57N3/c1-13-55(12)47-30(26-56)20-42-45(43(47)28(2)54(55,10)11)46-48-38(52(6,7)27-53(48,8)9)23-36-34-25-40-33(24-41(34)58(42)50(36)46)35-21-31(51(3,4)5)22-37-44-32-17-15-14-16-29(32)18-19-39(44)57(40)49(35)37/h18-25,28H,13-17,27H2,1-12H3. The first kappa shape index (κ1) is 35.2. The summed E-state index contributed by atoms with van der Waals surface area (Å²) in [5.41, 5.74) is 19.0. The van der Waals surface area contributed by atoms with Crippen molar-refractivity contribution >= 4 is 76.2 Å². The molecule has 3 aliphatic rings. The molecule has 3 heteroatoms.